The Hall–Kier alpha value is -2.44. The molecule has 0 aliphatic heterocycles. The molecule has 0 N–H and O–H groups in total. The molecular formula is C20H28N2O5. The first-order valence-electron chi connectivity index (χ1n) is 9.56. The van der Waals surface area contributed by atoms with Gasteiger partial charge in [0.25, 0.3) is 0 Å². The number of carbonyl (C=O) groups is 2. The second-order valence-corrected chi connectivity index (χ2v) is 7.18. The number of amides is 1. The molecule has 1 aromatic carbocycles. The predicted octanol–water partition coefficient (Wildman–Crippen LogP) is 4.06. The molecule has 1 aliphatic rings. The Labute approximate surface area is 159 Å². The van der Waals surface area contributed by atoms with Crippen LogP contribution in [-0.4, -0.2) is 41.7 Å². The molecule has 2 rings (SSSR count). The number of carbonyl (C=O) groups excluding carboxylic acids is 2. The van der Waals surface area contributed by atoms with Crippen molar-refractivity contribution in [1.29, 1.82) is 0 Å². The summed E-state index contributed by atoms with van der Waals surface area (Å²) in [5.41, 5.74) is 0.388. The molecule has 27 heavy (non-hydrogen) atoms. The maximum absolute atomic E-state index is 12.4. The van der Waals surface area contributed by atoms with Gasteiger partial charge in [-0.2, -0.15) is 0 Å². The average molecular weight is 376 g/mol. The maximum atomic E-state index is 12.4. The molecule has 1 amide bonds. The lowest BCUT2D eigenvalue weighted by atomic mass is 10.1. The molecule has 7 heteroatoms. The molecule has 0 bridgehead atoms. The molecule has 1 fully saturated rings. The van der Waals surface area contributed by atoms with E-state index >= 15 is 0 Å². The van der Waals surface area contributed by atoms with Crippen molar-refractivity contribution in [2.45, 2.75) is 64.3 Å². The van der Waals surface area contributed by atoms with E-state index in [0.717, 1.165) is 12.8 Å². The monoisotopic (exact) mass is 376 g/mol. The first kappa shape index (κ1) is 20.9. The van der Waals surface area contributed by atoms with E-state index in [1.54, 1.807) is 13.0 Å². The standard InChI is InChI=1S/C20H28N2O5/c1-15-12-16(14-23)20(22(25)26)18(13-15)27-11-7-10-19(24)21(2)17-8-5-3-4-6-9-17/h12-14,17H,3-11H2,1-2H3. The topological polar surface area (TPSA) is 89.7 Å². The minimum absolute atomic E-state index is 0.000765. The van der Waals surface area contributed by atoms with Gasteiger partial charge >= 0.3 is 5.69 Å². The zero-order valence-electron chi connectivity index (χ0n) is 16.1. The highest BCUT2D eigenvalue weighted by Crippen LogP contribution is 2.31. The normalized spacial score (nSPS) is 15.0. The van der Waals surface area contributed by atoms with Crippen molar-refractivity contribution in [3.05, 3.63) is 33.4 Å². The minimum atomic E-state index is -0.608. The fourth-order valence-electron chi connectivity index (χ4n) is 3.60. The molecule has 148 valence electrons. The quantitative estimate of drug-likeness (QED) is 0.224. The number of ether oxygens (including phenoxy) is 1. The van der Waals surface area contributed by atoms with Crippen LogP contribution in [0.1, 0.15) is 67.3 Å². The minimum Gasteiger partial charge on any atom is -0.487 e. The summed E-state index contributed by atoms with van der Waals surface area (Å²) < 4.78 is 5.55. The SMILES string of the molecule is Cc1cc(C=O)c([N+](=O)[O-])c(OCCCC(=O)N(C)C2CCCCCC2)c1. The van der Waals surface area contributed by atoms with E-state index in [2.05, 4.69) is 0 Å². The van der Waals surface area contributed by atoms with Crippen LogP contribution in [0.5, 0.6) is 5.75 Å². The van der Waals surface area contributed by atoms with Gasteiger partial charge in [0, 0.05) is 19.5 Å². The Morgan fingerprint density at radius 3 is 2.56 bits per heavy atom. The number of nitro groups is 1. The molecule has 1 aliphatic carbocycles. The summed E-state index contributed by atoms with van der Waals surface area (Å²) in [5.74, 6) is 0.157. The van der Waals surface area contributed by atoms with Crippen LogP contribution in [0.15, 0.2) is 12.1 Å². The lowest BCUT2D eigenvalue weighted by Gasteiger charge is -2.27. The molecule has 0 radical (unpaired) electrons. The van der Waals surface area contributed by atoms with Crippen LogP contribution in [0.3, 0.4) is 0 Å². The number of rotatable bonds is 8. The Morgan fingerprint density at radius 2 is 1.96 bits per heavy atom. The molecule has 0 aromatic heterocycles. The highest BCUT2D eigenvalue weighted by Gasteiger charge is 2.23. The van der Waals surface area contributed by atoms with Crippen molar-refractivity contribution in [3.8, 4) is 5.75 Å². The van der Waals surface area contributed by atoms with Gasteiger partial charge < -0.3 is 9.64 Å². The van der Waals surface area contributed by atoms with Crippen LogP contribution in [0.4, 0.5) is 5.69 Å². The summed E-state index contributed by atoms with van der Waals surface area (Å²) in [6, 6.07) is 3.32. The number of benzene rings is 1. The summed E-state index contributed by atoms with van der Waals surface area (Å²) in [4.78, 5) is 36.0. The summed E-state index contributed by atoms with van der Waals surface area (Å²) >= 11 is 0. The fraction of sp³-hybridized carbons (Fsp3) is 0.600. The van der Waals surface area contributed by atoms with E-state index in [0.29, 0.717) is 30.7 Å². The average Bonchev–Trinajstić information content (AvgIpc) is 2.92. The third-order valence-corrected chi connectivity index (χ3v) is 5.12. The zero-order valence-corrected chi connectivity index (χ0v) is 16.1. The van der Waals surface area contributed by atoms with Crippen LogP contribution in [0, 0.1) is 17.0 Å². The number of hydrogen-bond donors (Lipinski definition) is 0. The van der Waals surface area contributed by atoms with E-state index < -0.39 is 4.92 Å². The van der Waals surface area contributed by atoms with E-state index in [1.165, 1.54) is 31.7 Å². The first-order chi connectivity index (χ1) is 12.9. The van der Waals surface area contributed by atoms with E-state index in [9.17, 15) is 19.7 Å². The van der Waals surface area contributed by atoms with Gasteiger partial charge in [0.1, 0.15) is 0 Å². The van der Waals surface area contributed by atoms with Crippen LogP contribution >= 0.6 is 0 Å². The van der Waals surface area contributed by atoms with Crippen LogP contribution < -0.4 is 4.74 Å². The molecule has 1 saturated carbocycles. The van der Waals surface area contributed by atoms with Gasteiger partial charge in [0.2, 0.25) is 5.91 Å². The maximum Gasteiger partial charge on any atom is 0.321 e. The number of aldehydes is 1. The lowest BCUT2D eigenvalue weighted by Crippen LogP contribution is -2.36. The van der Waals surface area contributed by atoms with E-state index in [1.807, 2.05) is 11.9 Å². The van der Waals surface area contributed by atoms with Crippen LogP contribution in [0.25, 0.3) is 0 Å². The number of nitro benzene ring substituents is 1. The molecular weight excluding hydrogens is 348 g/mol. The third-order valence-electron chi connectivity index (χ3n) is 5.12. The van der Waals surface area contributed by atoms with Gasteiger partial charge in [-0.3, -0.25) is 19.7 Å². The van der Waals surface area contributed by atoms with Gasteiger partial charge in [-0.05, 0) is 43.9 Å². The van der Waals surface area contributed by atoms with Crippen molar-refractivity contribution in [1.82, 2.24) is 4.90 Å². The molecule has 7 nitrogen and oxygen atoms in total. The van der Waals surface area contributed by atoms with Crippen molar-refractivity contribution in [3.63, 3.8) is 0 Å². The van der Waals surface area contributed by atoms with Gasteiger partial charge in [-0.25, -0.2) is 0 Å². The summed E-state index contributed by atoms with van der Waals surface area (Å²) in [6.45, 7) is 1.93. The highest BCUT2D eigenvalue weighted by atomic mass is 16.6. The second kappa shape index (κ2) is 10.0. The molecule has 0 heterocycles. The van der Waals surface area contributed by atoms with Crippen LogP contribution in [0.2, 0.25) is 0 Å². The highest BCUT2D eigenvalue weighted by molar-refractivity contribution is 5.84. The third kappa shape index (κ3) is 5.77. The Kier molecular flexibility index (Phi) is 7.76. The largest absolute Gasteiger partial charge is 0.487 e. The van der Waals surface area contributed by atoms with Crippen molar-refractivity contribution in [2.75, 3.05) is 13.7 Å². The number of nitrogens with zero attached hydrogens (tertiary/aromatic N) is 2. The number of hydrogen-bond acceptors (Lipinski definition) is 5. The summed E-state index contributed by atoms with van der Waals surface area (Å²) in [6.07, 6.45) is 8.21. The summed E-state index contributed by atoms with van der Waals surface area (Å²) in [7, 11) is 1.86. The van der Waals surface area contributed by atoms with Gasteiger partial charge in [-0.1, -0.05) is 25.7 Å². The lowest BCUT2D eigenvalue weighted by molar-refractivity contribution is -0.386. The smallest absolute Gasteiger partial charge is 0.321 e. The van der Waals surface area contributed by atoms with Crippen molar-refractivity contribution < 1.29 is 19.2 Å². The van der Waals surface area contributed by atoms with Crippen molar-refractivity contribution in [2.24, 2.45) is 0 Å². The molecule has 0 saturated heterocycles. The van der Waals surface area contributed by atoms with Gasteiger partial charge in [-0.15, -0.1) is 0 Å². The fourth-order valence-corrected chi connectivity index (χ4v) is 3.60. The number of aryl methyl sites for hydroxylation is 1. The van der Waals surface area contributed by atoms with Gasteiger partial charge in [0.15, 0.2) is 12.0 Å². The molecule has 1 aromatic rings. The molecule has 0 spiro atoms. The first-order valence-corrected chi connectivity index (χ1v) is 9.56. The Balaban J connectivity index is 1.89. The molecule has 0 atom stereocenters. The predicted molar refractivity (Wildman–Crippen MR) is 102 cm³/mol. The zero-order chi connectivity index (χ0) is 19.8. The van der Waals surface area contributed by atoms with Gasteiger partial charge in [0.05, 0.1) is 17.1 Å². The Bertz CT molecular complexity index is 681. The molecule has 0 unspecified atom stereocenters. The van der Waals surface area contributed by atoms with E-state index in [4.69, 9.17) is 4.74 Å². The van der Waals surface area contributed by atoms with E-state index in [-0.39, 0.29) is 29.5 Å². The van der Waals surface area contributed by atoms with Crippen molar-refractivity contribution >= 4 is 17.9 Å². The van der Waals surface area contributed by atoms with Crippen LogP contribution in [-0.2, 0) is 4.79 Å². The Morgan fingerprint density at radius 1 is 1.30 bits per heavy atom. The summed E-state index contributed by atoms with van der Waals surface area (Å²) in [5, 5.41) is 11.3. The second-order valence-electron chi connectivity index (χ2n) is 7.18.